The van der Waals surface area contributed by atoms with Gasteiger partial charge in [0.15, 0.2) is 0 Å². The van der Waals surface area contributed by atoms with Crippen molar-refractivity contribution in [1.29, 1.82) is 0 Å². The van der Waals surface area contributed by atoms with E-state index >= 15 is 0 Å². The van der Waals surface area contributed by atoms with Gasteiger partial charge in [0, 0.05) is 16.3 Å². The summed E-state index contributed by atoms with van der Waals surface area (Å²) in [6.07, 6.45) is 0.0709. The third kappa shape index (κ3) is 3.26. The molecule has 76 valence electrons. The van der Waals surface area contributed by atoms with E-state index in [2.05, 4.69) is 0 Å². The van der Waals surface area contributed by atoms with Crippen LogP contribution in [0.1, 0.15) is 6.42 Å². The summed E-state index contributed by atoms with van der Waals surface area (Å²) >= 11 is 1.31. The Morgan fingerprint density at radius 3 is 2.86 bits per heavy atom. The van der Waals surface area contributed by atoms with Gasteiger partial charge in [0.1, 0.15) is 5.82 Å². The number of carboxylic acids is 1. The van der Waals surface area contributed by atoms with Crippen molar-refractivity contribution < 1.29 is 14.3 Å². The molecule has 14 heavy (non-hydrogen) atoms. The van der Waals surface area contributed by atoms with Crippen molar-refractivity contribution in [2.45, 2.75) is 11.3 Å². The van der Waals surface area contributed by atoms with Crippen LogP contribution < -0.4 is 5.73 Å². The highest BCUT2D eigenvalue weighted by Gasteiger charge is 2.03. The minimum absolute atomic E-state index is 0.0709. The molecule has 3 nitrogen and oxygen atoms in total. The fourth-order valence-corrected chi connectivity index (χ4v) is 1.79. The van der Waals surface area contributed by atoms with Crippen LogP contribution in [0, 0.1) is 5.82 Å². The molecule has 1 aromatic carbocycles. The van der Waals surface area contributed by atoms with Crippen molar-refractivity contribution in [1.82, 2.24) is 0 Å². The molecule has 0 amide bonds. The number of rotatable bonds is 4. The summed E-state index contributed by atoms with van der Waals surface area (Å²) in [6.45, 7) is 0. The number of carbonyl (C=O) groups is 1. The van der Waals surface area contributed by atoms with Gasteiger partial charge < -0.3 is 10.8 Å². The van der Waals surface area contributed by atoms with E-state index in [4.69, 9.17) is 10.8 Å². The van der Waals surface area contributed by atoms with Crippen molar-refractivity contribution in [3.8, 4) is 0 Å². The zero-order valence-electron chi connectivity index (χ0n) is 7.37. The molecule has 0 fully saturated rings. The molecule has 3 N–H and O–H groups in total. The quantitative estimate of drug-likeness (QED) is 0.595. The lowest BCUT2D eigenvalue weighted by Crippen LogP contribution is -1.97. The Bertz CT molecular complexity index is 344. The molecule has 0 radical (unpaired) electrons. The van der Waals surface area contributed by atoms with Crippen LogP contribution in [0.4, 0.5) is 10.1 Å². The molecule has 0 aliphatic rings. The highest BCUT2D eigenvalue weighted by atomic mass is 32.2. The lowest BCUT2D eigenvalue weighted by molar-refractivity contribution is -0.136. The average molecular weight is 215 g/mol. The third-order valence-electron chi connectivity index (χ3n) is 1.55. The minimum Gasteiger partial charge on any atom is -0.481 e. The molecule has 0 aromatic heterocycles. The molecule has 1 rings (SSSR count). The molecule has 1 aromatic rings. The van der Waals surface area contributed by atoms with E-state index < -0.39 is 5.97 Å². The average Bonchev–Trinajstić information content (AvgIpc) is 2.08. The Balaban J connectivity index is 2.55. The van der Waals surface area contributed by atoms with Crippen molar-refractivity contribution in [3.05, 3.63) is 24.0 Å². The number of thioether (sulfide) groups is 1. The Hall–Kier alpha value is -1.23. The van der Waals surface area contributed by atoms with Crippen molar-refractivity contribution in [2.24, 2.45) is 0 Å². The minimum atomic E-state index is -0.849. The van der Waals surface area contributed by atoms with Crippen molar-refractivity contribution in [3.63, 3.8) is 0 Å². The lowest BCUT2D eigenvalue weighted by atomic mass is 10.3. The number of nitrogen functional groups attached to an aromatic ring is 1. The molecular formula is C9H10FNO2S. The summed E-state index contributed by atoms with van der Waals surface area (Å²) < 4.78 is 12.6. The molecule has 0 atom stereocenters. The molecule has 0 saturated heterocycles. The van der Waals surface area contributed by atoms with E-state index in [-0.39, 0.29) is 12.2 Å². The van der Waals surface area contributed by atoms with Gasteiger partial charge in [0.25, 0.3) is 0 Å². The SMILES string of the molecule is Nc1cc(F)ccc1SCCC(=O)O. The maximum absolute atomic E-state index is 12.6. The standard InChI is InChI=1S/C9H10FNO2S/c10-6-1-2-8(7(11)5-6)14-4-3-9(12)13/h1-2,5H,3-4,11H2,(H,12,13). The summed E-state index contributed by atoms with van der Waals surface area (Å²) in [7, 11) is 0. The summed E-state index contributed by atoms with van der Waals surface area (Å²) in [4.78, 5) is 10.9. The molecular weight excluding hydrogens is 205 g/mol. The van der Waals surface area contributed by atoms with Gasteiger partial charge in [-0.1, -0.05) is 0 Å². The molecule has 0 unspecified atom stereocenters. The van der Waals surface area contributed by atoms with E-state index in [1.54, 1.807) is 6.07 Å². The number of anilines is 1. The number of nitrogens with two attached hydrogens (primary N) is 1. The first-order valence-corrected chi connectivity index (χ1v) is 4.98. The van der Waals surface area contributed by atoms with E-state index in [0.717, 1.165) is 0 Å². The molecule has 0 aliphatic heterocycles. The zero-order chi connectivity index (χ0) is 10.6. The van der Waals surface area contributed by atoms with Gasteiger partial charge in [-0.25, -0.2) is 4.39 Å². The molecule has 0 spiro atoms. The highest BCUT2D eigenvalue weighted by Crippen LogP contribution is 2.25. The predicted molar refractivity (Wildman–Crippen MR) is 53.8 cm³/mol. The van der Waals surface area contributed by atoms with Crippen LogP contribution in [0.3, 0.4) is 0 Å². The Morgan fingerprint density at radius 1 is 1.57 bits per heavy atom. The Labute approximate surface area is 85.1 Å². The molecule has 0 bridgehead atoms. The largest absolute Gasteiger partial charge is 0.481 e. The van der Waals surface area contributed by atoms with E-state index in [1.807, 2.05) is 0 Å². The first-order chi connectivity index (χ1) is 6.59. The second-order valence-electron chi connectivity index (χ2n) is 2.67. The van der Waals surface area contributed by atoms with E-state index in [9.17, 15) is 9.18 Å². The van der Waals surface area contributed by atoms with Crippen LogP contribution in [0.15, 0.2) is 23.1 Å². The molecule has 0 saturated carbocycles. The van der Waals surface area contributed by atoms with Crippen LogP contribution in [-0.2, 0) is 4.79 Å². The van der Waals surface area contributed by atoms with E-state index in [1.165, 1.54) is 23.9 Å². The summed E-state index contributed by atoms with van der Waals surface area (Å²) in [6, 6.07) is 4.08. The van der Waals surface area contributed by atoms with Gasteiger partial charge >= 0.3 is 5.97 Å². The van der Waals surface area contributed by atoms with Crippen LogP contribution >= 0.6 is 11.8 Å². The van der Waals surface area contributed by atoms with Gasteiger partial charge in [0.2, 0.25) is 0 Å². The van der Waals surface area contributed by atoms with Crippen LogP contribution in [0.2, 0.25) is 0 Å². The normalized spacial score (nSPS) is 10.1. The fourth-order valence-electron chi connectivity index (χ4n) is 0.899. The predicted octanol–water partition coefficient (Wildman–Crippen LogP) is 1.97. The summed E-state index contributed by atoms with van der Waals surface area (Å²) in [5.41, 5.74) is 5.88. The Kier molecular flexibility index (Phi) is 3.76. The monoisotopic (exact) mass is 215 g/mol. The molecule has 0 aliphatic carbocycles. The number of carboxylic acid groups (broad SMARTS) is 1. The smallest absolute Gasteiger partial charge is 0.304 e. The number of aliphatic carboxylic acids is 1. The van der Waals surface area contributed by atoms with Gasteiger partial charge in [-0.3, -0.25) is 4.79 Å². The van der Waals surface area contributed by atoms with Crippen LogP contribution in [0.5, 0.6) is 0 Å². The first kappa shape index (κ1) is 10.8. The maximum atomic E-state index is 12.6. The topological polar surface area (TPSA) is 63.3 Å². The van der Waals surface area contributed by atoms with Crippen molar-refractivity contribution in [2.75, 3.05) is 11.5 Å². The Morgan fingerprint density at radius 2 is 2.29 bits per heavy atom. The fraction of sp³-hybridized carbons (Fsp3) is 0.222. The van der Waals surface area contributed by atoms with Crippen LogP contribution in [0.25, 0.3) is 0 Å². The molecule has 5 heteroatoms. The van der Waals surface area contributed by atoms with Gasteiger partial charge in [-0.2, -0.15) is 0 Å². The highest BCUT2D eigenvalue weighted by molar-refractivity contribution is 7.99. The van der Waals surface area contributed by atoms with Crippen molar-refractivity contribution >= 4 is 23.4 Å². The third-order valence-corrected chi connectivity index (χ3v) is 2.64. The lowest BCUT2D eigenvalue weighted by Gasteiger charge is -2.03. The first-order valence-electron chi connectivity index (χ1n) is 3.99. The maximum Gasteiger partial charge on any atom is 0.304 e. The van der Waals surface area contributed by atoms with Gasteiger partial charge in [0.05, 0.1) is 6.42 Å². The summed E-state index contributed by atoms with van der Waals surface area (Å²) in [5, 5.41) is 8.40. The van der Waals surface area contributed by atoms with Crippen LogP contribution in [-0.4, -0.2) is 16.8 Å². The molecule has 0 heterocycles. The number of hydrogen-bond acceptors (Lipinski definition) is 3. The number of hydrogen-bond donors (Lipinski definition) is 2. The van der Waals surface area contributed by atoms with Gasteiger partial charge in [-0.15, -0.1) is 11.8 Å². The summed E-state index contributed by atoms with van der Waals surface area (Å²) in [5.74, 6) is -0.797. The number of benzene rings is 1. The zero-order valence-corrected chi connectivity index (χ0v) is 8.18. The van der Waals surface area contributed by atoms with E-state index in [0.29, 0.717) is 16.3 Å². The van der Waals surface area contributed by atoms with Gasteiger partial charge in [-0.05, 0) is 18.2 Å². The second kappa shape index (κ2) is 4.85. The second-order valence-corrected chi connectivity index (χ2v) is 3.81. The number of halogens is 1.